The third-order valence-electron chi connectivity index (χ3n) is 7.50. The SMILES string of the molecule is O=C1[C@H]2[C@@H](C(=O)N1c1cccc(C(F)(F)F)c1)[C@@]1(N[C@@H]2Cc2ccc(O)cc2)C(=O)Nc2ccc(F)cc21. The van der Waals surface area contributed by atoms with Crippen LogP contribution in [0.1, 0.15) is 16.7 Å². The summed E-state index contributed by atoms with van der Waals surface area (Å²) in [7, 11) is 0. The first-order valence-electron chi connectivity index (χ1n) is 11.7. The number of anilines is 2. The van der Waals surface area contributed by atoms with Gasteiger partial charge in [-0.2, -0.15) is 13.2 Å². The fourth-order valence-corrected chi connectivity index (χ4v) is 5.91. The normalized spacial score (nSPS) is 26.2. The number of halogens is 4. The van der Waals surface area contributed by atoms with Crippen molar-refractivity contribution in [2.24, 2.45) is 11.8 Å². The highest BCUT2D eigenvalue weighted by Crippen LogP contribution is 2.54. The van der Waals surface area contributed by atoms with Crippen molar-refractivity contribution in [2.75, 3.05) is 10.2 Å². The van der Waals surface area contributed by atoms with E-state index in [4.69, 9.17) is 0 Å². The molecule has 0 radical (unpaired) electrons. The van der Waals surface area contributed by atoms with Gasteiger partial charge >= 0.3 is 6.18 Å². The number of imide groups is 1. The Morgan fingerprint density at radius 3 is 2.39 bits per heavy atom. The van der Waals surface area contributed by atoms with Gasteiger partial charge in [0.25, 0.3) is 0 Å². The lowest BCUT2D eigenvalue weighted by Gasteiger charge is -2.29. The van der Waals surface area contributed by atoms with Crippen molar-refractivity contribution < 1.29 is 37.1 Å². The lowest BCUT2D eigenvalue weighted by atomic mass is 9.76. The second-order valence-electron chi connectivity index (χ2n) is 9.64. The smallest absolute Gasteiger partial charge is 0.416 e. The van der Waals surface area contributed by atoms with Crippen LogP contribution in [0.3, 0.4) is 0 Å². The molecule has 3 aromatic carbocycles. The topological polar surface area (TPSA) is 98.7 Å². The number of amides is 3. The van der Waals surface area contributed by atoms with E-state index < -0.39 is 58.7 Å². The minimum Gasteiger partial charge on any atom is -0.508 e. The van der Waals surface area contributed by atoms with Crippen LogP contribution in [0.15, 0.2) is 66.7 Å². The summed E-state index contributed by atoms with van der Waals surface area (Å²) in [5.41, 5.74) is -2.02. The van der Waals surface area contributed by atoms with Crippen LogP contribution in [0.5, 0.6) is 5.75 Å². The molecule has 2 fully saturated rings. The fourth-order valence-electron chi connectivity index (χ4n) is 5.91. The van der Waals surface area contributed by atoms with Gasteiger partial charge < -0.3 is 10.4 Å². The monoisotopic (exact) mass is 525 g/mol. The molecule has 0 unspecified atom stereocenters. The average molecular weight is 525 g/mol. The third-order valence-corrected chi connectivity index (χ3v) is 7.50. The van der Waals surface area contributed by atoms with Gasteiger partial charge in [0, 0.05) is 17.3 Å². The van der Waals surface area contributed by atoms with Crippen LogP contribution in [0.4, 0.5) is 28.9 Å². The summed E-state index contributed by atoms with van der Waals surface area (Å²) < 4.78 is 54.6. The first kappa shape index (κ1) is 24.1. The molecule has 6 rings (SSSR count). The Bertz CT molecular complexity index is 1510. The summed E-state index contributed by atoms with van der Waals surface area (Å²) in [5, 5.41) is 15.4. The predicted octanol–water partition coefficient (Wildman–Crippen LogP) is 3.72. The van der Waals surface area contributed by atoms with E-state index in [1.54, 1.807) is 12.1 Å². The molecular weight excluding hydrogens is 506 g/mol. The number of phenols is 1. The number of hydrogen-bond acceptors (Lipinski definition) is 5. The van der Waals surface area contributed by atoms with Gasteiger partial charge in [0.1, 0.15) is 17.1 Å². The lowest BCUT2D eigenvalue weighted by molar-refractivity contribution is -0.137. The molecule has 3 aliphatic heterocycles. The second-order valence-corrected chi connectivity index (χ2v) is 9.64. The molecule has 2 saturated heterocycles. The van der Waals surface area contributed by atoms with Crippen molar-refractivity contribution in [3.05, 3.63) is 89.2 Å². The van der Waals surface area contributed by atoms with E-state index >= 15 is 0 Å². The maximum absolute atomic E-state index is 14.4. The van der Waals surface area contributed by atoms with Crippen LogP contribution < -0.4 is 15.5 Å². The number of nitrogens with one attached hydrogen (secondary N) is 2. The molecule has 0 aliphatic carbocycles. The number of carbonyl (C=O) groups excluding carboxylic acids is 3. The number of hydrogen-bond donors (Lipinski definition) is 3. The zero-order chi connectivity index (χ0) is 27.0. The van der Waals surface area contributed by atoms with Crippen molar-refractivity contribution in [3.8, 4) is 5.75 Å². The van der Waals surface area contributed by atoms with Crippen LogP contribution in [0.25, 0.3) is 0 Å². The zero-order valence-corrected chi connectivity index (χ0v) is 19.4. The Morgan fingerprint density at radius 1 is 0.947 bits per heavy atom. The van der Waals surface area contributed by atoms with Crippen molar-refractivity contribution in [1.29, 1.82) is 0 Å². The maximum Gasteiger partial charge on any atom is 0.416 e. The molecule has 7 nitrogen and oxygen atoms in total. The standard InChI is InChI=1S/C27H19F4N3O4/c28-15-6-9-19-18(12-15)26(25(38)32-19)22-21(20(33-26)10-13-4-7-17(35)8-5-13)23(36)34(24(22)37)16-3-1-2-14(11-16)27(29,30)31/h1-9,11-12,20-22,33,35H,10H2,(H,32,38)/t20-,21-,22+,26-/m1/s1. The number of fused-ring (bicyclic) bond motifs is 4. The van der Waals surface area contributed by atoms with E-state index in [0.717, 1.165) is 24.3 Å². The minimum absolute atomic E-state index is 0.0184. The number of alkyl halides is 3. The van der Waals surface area contributed by atoms with E-state index in [-0.39, 0.29) is 29.1 Å². The number of aromatic hydroxyl groups is 1. The molecule has 3 aliphatic rings. The van der Waals surface area contributed by atoms with E-state index in [2.05, 4.69) is 10.6 Å². The summed E-state index contributed by atoms with van der Waals surface area (Å²) in [6, 6.07) is 12.8. The number of rotatable bonds is 3. The Morgan fingerprint density at radius 2 is 1.68 bits per heavy atom. The van der Waals surface area contributed by atoms with Crippen LogP contribution in [0, 0.1) is 17.7 Å². The summed E-state index contributed by atoms with van der Waals surface area (Å²) in [4.78, 5) is 41.8. The fraction of sp³-hybridized carbons (Fsp3) is 0.222. The van der Waals surface area contributed by atoms with Gasteiger partial charge in [-0.05, 0) is 60.5 Å². The van der Waals surface area contributed by atoms with Gasteiger partial charge in [-0.1, -0.05) is 18.2 Å². The highest BCUT2D eigenvalue weighted by atomic mass is 19.4. The molecule has 3 N–H and O–H groups in total. The highest BCUT2D eigenvalue weighted by molar-refractivity contribution is 6.25. The van der Waals surface area contributed by atoms with Crippen molar-refractivity contribution in [2.45, 2.75) is 24.2 Å². The van der Waals surface area contributed by atoms with Crippen molar-refractivity contribution >= 4 is 29.1 Å². The Kier molecular flexibility index (Phi) is 5.15. The first-order valence-corrected chi connectivity index (χ1v) is 11.7. The van der Waals surface area contributed by atoms with Gasteiger partial charge in [-0.3, -0.25) is 19.7 Å². The third kappa shape index (κ3) is 3.42. The number of nitrogens with zero attached hydrogens (tertiary/aromatic N) is 1. The summed E-state index contributed by atoms with van der Waals surface area (Å²) >= 11 is 0. The molecule has 0 bridgehead atoms. The Balaban J connectivity index is 1.49. The minimum atomic E-state index is -4.70. The van der Waals surface area contributed by atoms with Gasteiger partial charge in [0.15, 0.2) is 0 Å². The van der Waals surface area contributed by atoms with Gasteiger partial charge in [-0.15, -0.1) is 0 Å². The van der Waals surface area contributed by atoms with Crippen LogP contribution in [0.2, 0.25) is 0 Å². The maximum atomic E-state index is 14.4. The molecule has 38 heavy (non-hydrogen) atoms. The molecule has 11 heteroatoms. The molecule has 4 atom stereocenters. The van der Waals surface area contributed by atoms with E-state index in [1.165, 1.54) is 24.3 Å². The lowest BCUT2D eigenvalue weighted by Crippen LogP contribution is -2.53. The number of carbonyl (C=O) groups is 3. The number of phenolic OH excluding ortho intramolecular Hbond substituents is 1. The largest absolute Gasteiger partial charge is 0.508 e. The molecule has 0 saturated carbocycles. The van der Waals surface area contributed by atoms with Crippen LogP contribution in [-0.2, 0) is 32.5 Å². The molecule has 1 spiro atoms. The summed E-state index contributed by atoms with van der Waals surface area (Å²) in [6.07, 6.45) is -4.56. The number of benzene rings is 3. The molecule has 194 valence electrons. The first-order chi connectivity index (χ1) is 18.0. The van der Waals surface area contributed by atoms with E-state index in [9.17, 15) is 37.1 Å². The van der Waals surface area contributed by atoms with Crippen LogP contribution in [-0.4, -0.2) is 28.9 Å². The van der Waals surface area contributed by atoms with Gasteiger partial charge in [0.2, 0.25) is 17.7 Å². The van der Waals surface area contributed by atoms with Gasteiger partial charge in [-0.25, -0.2) is 9.29 Å². The van der Waals surface area contributed by atoms with Crippen molar-refractivity contribution in [1.82, 2.24) is 5.32 Å². The summed E-state index contributed by atoms with van der Waals surface area (Å²) in [5.74, 6) is -5.39. The summed E-state index contributed by atoms with van der Waals surface area (Å²) in [6.45, 7) is 0. The molecule has 3 heterocycles. The zero-order valence-electron chi connectivity index (χ0n) is 19.4. The molecule has 0 aromatic heterocycles. The Hall–Kier alpha value is -4.25. The average Bonchev–Trinajstić information content (AvgIpc) is 3.44. The van der Waals surface area contributed by atoms with Gasteiger partial charge in [0.05, 0.1) is 23.1 Å². The molecule has 3 amide bonds. The predicted molar refractivity (Wildman–Crippen MR) is 126 cm³/mol. The van der Waals surface area contributed by atoms with Crippen LogP contribution >= 0.6 is 0 Å². The van der Waals surface area contributed by atoms with Crippen molar-refractivity contribution in [3.63, 3.8) is 0 Å². The quantitative estimate of drug-likeness (QED) is 0.358. The Labute approximate surface area is 213 Å². The highest BCUT2D eigenvalue weighted by Gasteiger charge is 2.70. The van der Waals surface area contributed by atoms with E-state index in [1.807, 2.05) is 0 Å². The van der Waals surface area contributed by atoms with E-state index in [0.29, 0.717) is 16.5 Å². The second kappa shape index (κ2) is 8.12. The molecule has 3 aromatic rings. The molecular formula is C27H19F4N3O4.